The summed E-state index contributed by atoms with van der Waals surface area (Å²) in [5.41, 5.74) is 1.37. The summed E-state index contributed by atoms with van der Waals surface area (Å²) in [7, 11) is 0. The number of nitrogens with one attached hydrogen (secondary N) is 2. The van der Waals surface area contributed by atoms with Gasteiger partial charge in [-0.25, -0.2) is 9.97 Å². The molecule has 0 bridgehead atoms. The Bertz CT molecular complexity index is 719. The van der Waals surface area contributed by atoms with Crippen LogP contribution in [0.5, 0.6) is 0 Å². The monoisotopic (exact) mass is 350 g/mol. The number of halogens is 2. The molecule has 0 unspecified atom stereocenters. The Labute approximate surface area is 144 Å². The van der Waals surface area contributed by atoms with Gasteiger partial charge in [-0.3, -0.25) is 4.79 Å². The van der Waals surface area contributed by atoms with Crippen LogP contribution in [0.2, 0.25) is 10.0 Å². The lowest BCUT2D eigenvalue weighted by molar-refractivity contribution is 0.0946. The van der Waals surface area contributed by atoms with Crippen molar-refractivity contribution in [3.05, 3.63) is 51.8 Å². The fraction of sp³-hybridized carbons (Fsp3) is 0.312. The Kier molecular flexibility index (Phi) is 4.98. The summed E-state index contributed by atoms with van der Waals surface area (Å²) in [6.07, 6.45) is 4.37. The largest absolute Gasteiger partial charge is 0.354 e. The molecule has 0 spiro atoms. The van der Waals surface area contributed by atoms with Gasteiger partial charge >= 0.3 is 0 Å². The molecular formula is C16H16Cl2N4O. The SMILES string of the molecule is O=C(NC1CC1)c1ccnc(NCCc2ccc(Cl)cc2Cl)n1. The Morgan fingerprint density at radius 1 is 1.26 bits per heavy atom. The number of carbonyl (C=O) groups is 1. The van der Waals surface area contributed by atoms with E-state index in [9.17, 15) is 4.79 Å². The molecule has 1 saturated carbocycles. The minimum Gasteiger partial charge on any atom is -0.354 e. The van der Waals surface area contributed by atoms with Crippen LogP contribution >= 0.6 is 23.2 Å². The van der Waals surface area contributed by atoms with E-state index in [1.165, 1.54) is 0 Å². The third-order valence-electron chi connectivity index (χ3n) is 3.49. The maximum absolute atomic E-state index is 12.0. The summed E-state index contributed by atoms with van der Waals surface area (Å²) in [6.45, 7) is 0.606. The van der Waals surface area contributed by atoms with Crippen molar-refractivity contribution < 1.29 is 4.79 Å². The van der Waals surface area contributed by atoms with Gasteiger partial charge in [-0.15, -0.1) is 0 Å². The van der Waals surface area contributed by atoms with Crippen molar-refractivity contribution in [3.63, 3.8) is 0 Å². The van der Waals surface area contributed by atoms with Gasteiger partial charge in [0.1, 0.15) is 5.69 Å². The van der Waals surface area contributed by atoms with Gasteiger partial charge in [-0.1, -0.05) is 29.3 Å². The molecule has 1 fully saturated rings. The first-order valence-corrected chi connectivity index (χ1v) is 8.19. The zero-order valence-electron chi connectivity index (χ0n) is 12.4. The molecule has 0 aliphatic heterocycles. The van der Waals surface area contributed by atoms with E-state index in [2.05, 4.69) is 20.6 Å². The summed E-state index contributed by atoms with van der Waals surface area (Å²) in [5, 5.41) is 7.26. The quantitative estimate of drug-likeness (QED) is 0.838. The molecule has 2 aromatic rings. The van der Waals surface area contributed by atoms with Crippen molar-refractivity contribution in [2.45, 2.75) is 25.3 Å². The van der Waals surface area contributed by atoms with Crippen LogP contribution in [0.25, 0.3) is 0 Å². The second-order valence-corrected chi connectivity index (χ2v) is 6.27. The van der Waals surface area contributed by atoms with E-state index in [1.807, 2.05) is 12.1 Å². The van der Waals surface area contributed by atoms with Crippen molar-refractivity contribution in [3.8, 4) is 0 Å². The normalized spacial score (nSPS) is 13.7. The average Bonchev–Trinajstić information content (AvgIpc) is 3.34. The highest BCUT2D eigenvalue weighted by Gasteiger charge is 2.24. The molecule has 1 aromatic carbocycles. The van der Waals surface area contributed by atoms with Crippen LogP contribution in [0.4, 0.5) is 5.95 Å². The van der Waals surface area contributed by atoms with E-state index in [0.29, 0.717) is 40.7 Å². The number of nitrogens with zero attached hydrogens (tertiary/aromatic N) is 2. The first kappa shape index (κ1) is 16.0. The first-order chi connectivity index (χ1) is 11.1. The number of anilines is 1. The van der Waals surface area contributed by atoms with Crippen LogP contribution < -0.4 is 10.6 Å². The van der Waals surface area contributed by atoms with Gasteiger partial charge in [-0.2, -0.15) is 0 Å². The lowest BCUT2D eigenvalue weighted by Gasteiger charge is -2.08. The topological polar surface area (TPSA) is 66.9 Å². The molecule has 120 valence electrons. The van der Waals surface area contributed by atoms with Gasteiger partial charge in [0, 0.05) is 28.8 Å². The molecule has 0 radical (unpaired) electrons. The molecule has 0 saturated heterocycles. The molecule has 3 rings (SSSR count). The van der Waals surface area contributed by atoms with Crippen LogP contribution in [0.1, 0.15) is 28.9 Å². The van der Waals surface area contributed by atoms with Crippen molar-refractivity contribution in [1.82, 2.24) is 15.3 Å². The maximum Gasteiger partial charge on any atom is 0.270 e. The molecular weight excluding hydrogens is 335 g/mol. The number of hydrogen-bond donors (Lipinski definition) is 2. The lowest BCUT2D eigenvalue weighted by atomic mass is 10.1. The van der Waals surface area contributed by atoms with Crippen molar-refractivity contribution in [2.75, 3.05) is 11.9 Å². The lowest BCUT2D eigenvalue weighted by Crippen LogP contribution is -2.26. The van der Waals surface area contributed by atoms with Gasteiger partial charge in [0.2, 0.25) is 5.95 Å². The highest BCUT2D eigenvalue weighted by atomic mass is 35.5. The predicted octanol–water partition coefficient (Wildman–Crippen LogP) is 3.33. The standard InChI is InChI=1S/C16H16Cl2N4O/c17-11-2-1-10(13(18)9-11)5-7-19-16-20-8-6-14(22-16)15(23)21-12-3-4-12/h1-2,6,8-9,12H,3-5,7H2,(H,21,23)(H,19,20,22). The Hall–Kier alpha value is -1.85. The van der Waals surface area contributed by atoms with Crippen LogP contribution in [0, 0.1) is 0 Å². The summed E-state index contributed by atoms with van der Waals surface area (Å²) in [4.78, 5) is 20.3. The van der Waals surface area contributed by atoms with E-state index in [-0.39, 0.29) is 5.91 Å². The van der Waals surface area contributed by atoms with Crippen LogP contribution in [0.15, 0.2) is 30.5 Å². The highest BCUT2D eigenvalue weighted by Crippen LogP contribution is 2.21. The summed E-state index contributed by atoms with van der Waals surface area (Å²) >= 11 is 12.0. The van der Waals surface area contributed by atoms with Gasteiger partial charge in [0.25, 0.3) is 5.91 Å². The van der Waals surface area contributed by atoms with E-state index in [0.717, 1.165) is 18.4 Å². The van der Waals surface area contributed by atoms with E-state index < -0.39 is 0 Å². The van der Waals surface area contributed by atoms with Crippen molar-refractivity contribution in [2.24, 2.45) is 0 Å². The fourth-order valence-electron chi connectivity index (χ4n) is 2.09. The Morgan fingerprint density at radius 2 is 2.09 bits per heavy atom. The van der Waals surface area contributed by atoms with Crippen molar-refractivity contribution >= 4 is 35.1 Å². The molecule has 1 heterocycles. The smallest absolute Gasteiger partial charge is 0.270 e. The zero-order chi connectivity index (χ0) is 16.2. The summed E-state index contributed by atoms with van der Waals surface area (Å²) in [5.74, 6) is 0.275. The van der Waals surface area contributed by atoms with Gasteiger partial charge < -0.3 is 10.6 Å². The van der Waals surface area contributed by atoms with Crippen LogP contribution in [-0.4, -0.2) is 28.5 Å². The van der Waals surface area contributed by atoms with E-state index in [1.54, 1.807) is 18.3 Å². The third-order valence-corrected chi connectivity index (χ3v) is 4.08. The third kappa shape index (κ3) is 4.56. The van der Waals surface area contributed by atoms with E-state index >= 15 is 0 Å². The summed E-state index contributed by atoms with van der Waals surface area (Å²) in [6, 6.07) is 7.34. The van der Waals surface area contributed by atoms with Gasteiger partial charge in [0.05, 0.1) is 0 Å². The molecule has 5 nitrogen and oxygen atoms in total. The minimum atomic E-state index is -0.154. The minimum absolute atomic E-state index is 0.154. The zero-order valence-corrected chi connectivity index (χ0v) is 13.9. The summed E-state index contributed by atoms with van der Waals surface area (Å²) < 4.78 is 0. The highest BCUT2D eigenvalue weighted by molar-refractivity contribution is 6.35. The second kappa shape index (κ2) is 7.15. The van der Waals surface area contributed by atoms with E-state index in [4.69, 9.17) is 23.2 Å². The number of aromatic nitrogens is 2. The molecule has 1 aliphatic carbocycles. The Morgan fingerprint density at radius 3 is 2.83 bits per heavy atom. The average molecular weight is 351 g/mol. The van der Waals surface area contributed by atoms with Crippen molar-refractivity contribution in [1.29, 1.82) is 0 Å². The van der Waals surface area contributed by atoms with Crippen LogP contribution in [0.3, 0.4) is 0 Å². The maximum atomic E-state index is 12.0. The molecule has 0 atom stereocenters. The number of benzene rings is 1. The molecule has 1 amide bonds. The fourth-order valence-corrected chi connectivity index (χ4v) is 2.59. The van der Waals surface area contributed by atoms with Crippen LogP contribution in [-0.2, 0) is 6.42 Å². The molecule has 7 heteroatoms. The number of hydrogen-bond acceptors (Lipinski definition) is 4. The first-order valence-electron chi connectivity index (χ1n) is 7.43. The van der Waals surface area contributed by atoms with Gasteiger partial charge in [-0.05, 0) is 43.0 Å². The number of amides is 1. The molecule has 1 aromatic heterocycles. The Balaban J connectivity index is 1.56. The van der Waals surface area contributed by atoms with Gasteiger partial charge in [0.15, 0.2) is 0 Å². The molecule has 1 aliphatic rings. The molecule has 23 heavy (non-hydrogen) atoms. The molecule has 2 N–H and O–H groups in total. The predicted molar refractivity (Wildman–Crippen MR) is 91.2 cm³/mol. The number of carbonyl (C=O) groups excluding carboxylic acids is 1. The number of rotatable bonds is 6. The second-order valence-electron chi connectivity index (χ2n) is 5.43.